The first-order chi connectivity index (χ1) is 10.2. The summed E-state index contributed by atoms with van der Waals surface area (Å²) in [4.78, 5) is 14.5. The summed E-state index contributed by atoms with van der Waals surface area (Å²) in [5.41, 5.74) is 1.77. The second-order valence-corrected chi connectivity index (χ2v) is 7.70. The van der Waals surface area contributed by atoms with E-state index in [0.717, 1.165) is 37.8 Å². The minimum Gasteiger partial charge on any atom is -0.349 e. The van der Waals surface area contributed by atoms with Crippen molar-refractivity contribution in [1.82, 2.24) is 10.2 Å². The molecule has 6 nitrogen and oxygen atoms in total. The zero-order valence-electron chi connectivity index (χ0n) is 13.2. The number of sulfonamides is 1. The van der Waals surface area contributed by atoms with Crippen molar-refractivity contribution in [1.29, 1.82) is 0 Å². The van der Waals surface area contributed by atoms with E-state index in [1.54, 1.807) is 25.1 Å². The normalized spacial score (nSPS) is 17.2. The Labute approximate surface area is 131 Å². The third-order valence-electron chi connectivity index (χ3n) is 3.84. The highest BCUT2D eigenvalue weighted by molar-refractivity contribution is 7.92. The number of nitrogens with one attached hydrogen (secondary N) is 2. The lowest BCUT2D eigenvalue weighted by molar-refractivity contribution is 0.0917. The molecule has 0 spiro atoms. The molecule has 0 aromatic heterocycles. The second-order valence-electron chi connectivity index (χ2n) is 5.95. The topological polar surface area (TPSA) is 78.5 Å². The molecular weight excluding hydrogens is 302 g/mol. The summed E-state index contributed by atoms with van der Waals surface area (Å²) >= 11 is 0. The van der Waals surface area contributed by atoms with Gasteiger partial charge in [-0.15, -0.1) is 0 Å². The Balaban J connectivity index is 2.03. The highest BCUT2D eigenvalue weighted by Gasteiger charge is 2.19. The van der Waals surface area contributed by atoms with Gasteiger partial charge in [0.15, 0.2) is 0 Å². The van der Waals surface area contributed by atoms with Crippen LogP contribution in [0.5, 0.6) is 0 Å². The summed E-state index contributed by atoms with van der Waals surface area (Å²) in [5, 5.41) is 3.05. The minimum absolute atomic E-state index is 0.108. The molecule has 1 aromatic carbocycles. The number of rotatable bonds is 4. The predicted octanol–water partition coefficient (Wildman–Crippen LogP) is 1.19. The van der Waals surface area contributed by atoms with E-state index in [1.165, 1.54) is 0 Å². The van der Waals surface area contributed by atoms with Crippen LogP contribution in [0.1, 0.15) is 28.8 Å². The molecule has 2 N–H and O–H groups in total. The third kappa shape index (κ3) is 4.71. The summed E-state index contributed by atoms with van der Waals surface area (Å²) in [6.07, 6.45) is 3.01. The summed E-state index contributed by atoms with van der Waals surface area (Å²) in [7, 11) is -1.24. The van der Waals surface area contributed by atoms with Crippen LogP contribution in [0.4, 0.5) is 5.69 Å². The van der Waals surface area contributed by atoms with Gasteiger partial charge in [0.2, 0.25) is 10.0 Å². The van der Waals surface area contributed by atoms with Crippen LogP contribution < -0.4 is 10.0 Å². The molecule has 0 atom stereocenters. The first-order valence-corrected chi connectivity index (χ1v) is 9.21. The molecule has 0 unspecified atom stereocenters. The number of carbonyl (C=O) groups excluding carboxylic acids is 1. The number of amides is 1. The zero-order valence-corrected chi connectivity index (χ0v) is 14.0. The van der Waals surface area contributed by atoms with Gasteiger partial charge in [0.1, 0.15) is 0 Å². The van der Waals surface area contributed by atoms with Crippen LogP contribution in [0.3, 0.4) is 0 Å². The van der Waals surface area contributed by atoms with E-state index in [-0.39, 0.29) is 11.9 Å². The maximum absolute atomic E-state index is 12.3. The van der Waals surface area contributed by atoms with Crippen LogP contribution in [0.15, 0.2) is 18.2 Å². The van der Waals surface area contributed by atoms with Crippen LogP contribution in [0, 0.1) is 6.92 Å². The molecule has 7 heteroatoms. The number of hydrogen-bond donors (Lipinski definition) is 2. The molecule has 1 amide bonds. The van der Waals surface area contributed by atoms with Crippen LogP contribution in [-0.4, -0.2) is 51.7 Å². The Hall–Kier alpha value is -1.60. The van der Waals surface area contributed by atoms with Gasteiger partial charge < -0.3 is 10.2 Å². The molecule has 22 heavy (non-hydrogen) atoms. The van der Waals surface area contributed by atoms with Gasteiger partial charge in [-0.2, -0.15) is 0 Å². The smallest absolute Gasteiger partial charge is 0.251 e. The Morgan fingerprint density at radius 3 is 2.45 bits per heavy atom. The number of hydrogen-bond acceptors (Lipinski definition) is 4. The van der Waals surface area contributed by atoms with E-state index < -0.39 is 10.0 Å². The van der Waals surface area contributed by atoms with E-state index in [0.29, 0.717) is 11.3 Å². The molecule has 122 valence electrons. The van der Waals surface area contributed by atoms with E-state index in [9.17, 15) is 13.2 Å². The number of benzene rings is 1. The first kappa shape index (κ1) is 16.8. The lowest BCUT2D eigenvalue weighted by Gasteiger charge is -2.29. The monoisotopic (exact) mass is 325 g/mol. The first-order valence-electron chi connectivity index (χ1n) is 7.32. The largest absolute Gasteiger partial charge is 0.349 e. The fourth-order valence-corrected chi connectivity index (χ4v) is 3.17. The van der Waals surface area contributed by atoms with E-state index in [1.807, 2.05) is 0 Å². The summed E-state index contributed by atoms with van der Waals surface area (Å²) in [5.74, 6) is -0.108. The van der Waals surface area contributed by atoms with E-state index >= 15 is 0 Å². The van der Waals surface area contributed by atoms with Crippen LogP contribution in [0.25, 0.3) is 0 Å². The molecule has 1 heterocycles. The number of piperidine rings is 1. The van der Waals surface area contributed by atoms with Crippen LogP contribution >= 0.6 is 0 Å². The Bertz CT molecular complexity index is 650. The van der Waals surface area contributed by atoms with Crippen molar-refractivity contribution in [2.45, 2.75) is 25.8 Å². The van der Waals surface area contributed by atoms with Crippen molar-refractivity contribution in [2.24, 2.45) is 0 Å². The summed E-state index contributed by atoms with van der Waals surface area (Å²) < 4.78 is 25.0. The number of nitrogens with zero attached hydrogens (tertiary/aromatic N) is 1. The van der Waals surface area contributed by atoms with Gasteiger partial charge in [-0.3, -0.25) is 9.52 Å². The minimum atomic E-state index is -3.32. The lowest BCUT2D eigenvalue weighted by Crippen LogP contribution is -2.43. The molecule has 0 radical (unpaired) electrons. The molecular formula is C15H23N3O3S. The van der Waals surface area contributed by atoms with Crippen LogP contribution in [0.2, 0.25) is 0 Å². The van der Waals surface area contributed by atoms with E-state index in [2.05, 4.69) is 22.0 Å². The van der Waals surface area contributed by atoms with Crippen molar-refractivity contribution in [3.05, 3.63) is 29.3 Å². The quantitative estimate of drug-likeness (QED) is 0.872. The molecule has 2 rings (SSSR count). The molecule has 0 saturated carbocycles. The highest BCUT2D eigenvalue weighted by Crippen LogP contribution is 2.18. The summed E-state index contributed by atoms with van der Waals surface area (Å²) in [6, 6.07) is 5.18. The molecule has 1 fully saturated rings. The maximum Gasteiger partial charge on any atom is 0.251 e. The molecule has 0 bridgehead atoms. The maximum atomic E-state index is 12.3. The van der Waals surface area contributed by atoms with Crippen molar-refractivity contribution >= 4 is 21.6 Å². The third-order valence-corrected chi connectivity index (χ3v) is 4.43. The second kappa shape index (κ2) is 6.66. The van der Waals surface area contributed by atoms with Crippen molar-refractivity contribution in [2.75, 3.05) is 31.1 Å². The Morgan fingerprint density at radius 2 is 1.91 bits per heavy atom. The van der Waals surface area contributed by atoms with Crippen molar-refractivity contribution in [3.8, 4) is 0 Å². The van der Waals surface area contributed by atoms with E-state index in [4.69, 9.17) is 0 Å². The number of aryl methyl sites for hydroxylation is 1. The van der Waals surface area contributed by atoms with Crippen molar-refractivity contribution < 1.29 is 13.2 Å². The Kier molecular flexibility index (Phi) is 5.08. The number of carbonyl (C=O) groups is 1. The zero-order chi connectivity index (χ0) is 16.3. The van der Waals surface area contributed by atoms with Gasteiger partial charge in [0, 0.05) is 11.6 Å². The average molecular weight is 325 g/mol. The van der Waals surface area contributed by atoms with Gasteiger partial charge in [-0.05, 0) is 63.7 Å². The van der Waals surface area contributed by atoms with Gasteiger partial charge in [0.25, 0.3) is 5.91 Å². The van der Waals surface area contributed by atoms with Crippen molar-refractivity contribution in [3.63, 3.8) is 0 Å². The van der Waals surface area contributed by atoms with Gasteiger partial charge in [-0.25, -0.2) is 8.42 Å². The molecule has 1 aromatic rings. The van der Waals surface area contributed by atoms with Gasteiger partial charge >= 0.3 is 0 Å². The molecule has 1 aliphatic rings. The van der Waals surface area contributed by atoms with Gasteiger partial charge in [0.05, 0.1) is 11.9 Å². The SMILES string of the molecule is Cc1cc(C(=O)NC2CCN(C)CC2)ccc1NS(C)(=O)=O. The molecule has 1 saturated heterocycles. The average Bonchev–Trinajstić information content (AvgIpc) is 2.42. The predicted molar refractivity (Wildman–Crippen MR) is 87.6 cm³/mol. The lowest BCUT2D eigenvalue weighted by atomic mass is 10.0. The fraction of sp³-hybridized carbons (Fsp3) is 0.533. The van der Waals surface area contributed by atoms with Gasteiger partial charge in [-0.1, -0.05) is 0 Å². The molecule has 0 aliphatic carbocycles. The fourth-order valence-electron chi connectivity index (χ4n) is 2.54. The standard InChI is InChI=1S/C15H23N3O3S/c1-11-10-12(4-5-14(11)17-22(3,20)21)15(19)16-13-6-8-18(2)9-7-13/h4-5,10,13,17H,6-9H2,1-3H3,(H,16,19). The summed E-state index contributed by atoms with van der Waals surface area (Å²) in [6.45, 7) is 3.75. The molecule has 1 aliphatic heterocycles. The number of likely N-dealkylation sites (tertiary alicyclic amines) is 1. The van der Waals surface area contributed by atoms with Crippen LogP contribution in [-0.2, 0) is 10.0 Å². The highest BCUT2D eigenvalue weighted by atomic mass is 32.2. The number of anilines is 1. The Morgan fingerprint density at radius 1 is 1.27 bits per heavy atom.